The Labute approximate surface area is 108 Å². The lowest BCUT2D eigenvalue weighted by molar-refractivity contribution is 0.172. The van der Waals surface area contributed by atoms with E-state index in [0.29, 0.717) is 12.1 Å². The van der Waals surface area contributed by atoms with Crippen molar-refractivity contribution in [2.24, 2.45) is 5.73 Å². The van der Waals surface area contributed by atoms with Gasteiger partial charge in [0, 0.05) is 28.7 Å². The average molecular weight is 243 g/mol. The standard InChI is InChI=1S/C15H21N3/c1-10-15(12-5-3-4-6-13(12)17-10)14-9-11(16)7-8-18(14)2/h3-6,11,14,17H,7-9,16H2,1-2H3. The van der Waals surface area contributed by atoms with Gasteiger partial charge in [-0.25, -0.2) is 0 Å². The Kier molecular flexibility index (Phi) is 2.88. The molecule has 3 rings (SSSR count). The first-order chi connectivity index (χ1) is 8.66. The van der Waals surface area contributed by atoms with Gasteiger partial charge in [-0.05, 0) is 45.0 Å². The van der Waals surface area contributed by atoms with Crippen molar-refractivity contribution in [3.8, 4) is 0 Å². The van der Waals surface area contributed by atoms with Gasteiger partial charge >= 0.3 is 0 Å². The summed E-state index contributed by atoms with van der Waals surface area (Å²) >= 11 is 0. The average Bonchev–Trinajstić information content (AvgIpc) is 2.68. The van der Waals surface area contributed by atoms with E-state index in [1.54, 1.807) is 0 Å². The zero-order valence-corrected chi connectivity index (χ0v) is 11.1. The van der Waals surface area contributed by atoms with E-state index < -0.39 is 0 Å². The summed E-state index contributed by atoms with van der Waals surface area (Å²) in [6, 6.07) is 9.33. The topological polar surface area (TPSA) is 45.1 Å². The fraction of sp³-hybridized carbons (Fsp3) is 0.467. The molecule has 2 aromatic rings. The number of nitrogens with zero attached hydrogens (tertiary/aromatic N) is 1. The van der Waals surface area contributed by atoms with Crippen LogP contribution in [0.25, 0.3) is 10.9 Å². The zero-order valence-electron chi connectivity index (χ0n) is 11.1. The summed E-state index contributed by atoms with van der Waals surface area (Å²) in [5, 5.41) is 1.35. The summed E-state index contributed by atoms with van der Waals surface area (Å²) in [6.07, 6.45) is 2.16. The van der Waals surface area contributed by atoms with Gasteiger partial charge in [0.25, 0.3) is 0 Å². The second-order valence-corrected chi connectivity index (χ2v) is 5.49. The van der Waals surface area contributed by atoms with Crippen molar-refractivity contribution < 1.29 is 0 Å². The molecule has 3 nitrogen and oxygen atoms in total. The fourth-order valence-electron chi connectivity index (χ4n) is 3.18. The van der Waals surface area contributed by atoms with E-state index in [1.165, 1.54) is 22.2 Å². The quantitative estimate of drug-likeness (QED) is 0.808. The van der Waals surface area contributed by atoms with Gasteiger partial charge in [-0.3, -0.25) is 4.90 Å². The molecule has 1 aliphatic rings. The number of hydrogen-bond acceptors (Lipinski definition) is 2. The minimum absolute atomic E-state index is 0.333. The number of rotatable bonds is 1. The van der Waals surface area contributed by atoms with Crippen LogP contribution in [0.4, 0.5) is 0 Å². The maximum Gasteiger partial charge on any atom is 0.0459 e. The molecule has 3 N–H and O–H groups in total. The third-order valence-corrected chi connectivity index (χ3v) is 4.19. The predicted molar refractivity (Wildman–Crippen MR) is 75.6 cm³/mol. The first kappa shape index (κ1) is 11.8. The van der Waals surface area contributed by atoms with Crippen LogP contribution in [-0.4, -0.2) is 29.5 Å². The largest absolute Gasteiger partial charge is 0.358 e. The molecule has 2 unspecified atom stereocenters. The molecule has 1 aromatic carbocycles. The predicted octanol–water partition coefficient (Wildman–Crippen LogP) is 2.57. The van der Waals surface area contributed by atoms with Gasteiger partial charge in [-0.1, -0.05) is 18.2 Å². The van der Waals surface area contributed by atoms with Crippen LogP contribution >= 0.6 is 0 Å². The lowest BCUT2D eigenvalue weighted by atomic mass is 9.91. The third-order valence-electron chi connectivity index (χ3n) is 4.19. The molecule has 3 heteroatoms. The number of aromatic nitrogens is 1. The molecule has 0 aliphatic carbocycles. The molecule has 96 valence electrons. The van der Waals surface area contributed by atoms with Crippen molar-refractivity contribution in [1.29, 1.82) is 0 Å². The number of para-hydroxylation sites is 1. The van der Waals surface area contributed by atoms with Crippen LogP contribution < -0.4 is 5.73 Å². The minimum atomic E-state index is 0.333. The van der Waals surface area contributed by atoms with E-state index in [2.05, 4.69) is 48.1 Å². The van der Waals surface area contributed by atoms with Crippen LogP contribution in [-0.2, 0) is 0 Å². The third kappa shape index (κ3) is 1.84. The number of piperidine rings is 1. The monoisotopic (exact) mass is 243 g/mol. The van der Waals surface area contributed by atoms with Crippen molar-refractivity contribution in [1.82, 2.24) is 9.88 Å². The van der Waals surface area contributed by atoms with Gasteiger partial charge in [0.2, 0.25) is 0 Å². The summed E-state index contributed by atoms with van der Waals surface area (Å²) in [5.41, 5.74) is 10.1. The number of nitrogens with one attached hydrogen (secondary N) is 1. The maximum absolute atomic E-state index is 6.15. The molecular weight excluding hydrogens is 222 g/mol. The smallest absolute Gasteiger partial charge is 0.0459 e. The molecule has 1 aromatic heterocycles. The Bertz CT molecular complexity index is 558. The fourth-order valence-corrected chi connectivity index (χ4v) is 3.18. The molecule has 0 spiro atoms. The van der Waals surface area contributed by atoms with Crippen molar-refractivity contribution in [2.75, 3.05) is 13.6 Å². The first-order valence-electron chi connectivity index (χ1n) is 6.70. The van der Waals surface area contributed by atoms with Crippen molar-refractivity contribution >= 4 is 10.9 Å². The molecule has 18 heavy (non-hydrogen) atoms. The number of likely N-dealkylation sites (tertiary alicyclic amines) is 1. The van der Waals surface area contributed by atoms with Crippen LogP contribution in [0, 0.1) is 6.92 Å². The lowest BCUT2D eigenvalue weighted by Crippen LogP contribution is -2.40. The number of H-pyrrole nitrogens is 1. The van der Waals surface area contributed by atoms with E-state index in [1.807, 2.05) is 0 Å². The molecule has 1 saturated heterocycles. The number of hydrogen-bond donors (Lipinski definition) is 2. The summed E-state index contributed by atoms with van der Waals surface area (Å²) in [6.45, 7) is 3.26. The molecule has 0 bridgehead atoms. The molecule has 0 amide bonds. The Morgan fingerprint density at radius 1 is 1.33 bits per heavy atom. The maximum atomic E-state index is 6.15. The highest BCUT2D eigenvalue weighted by Crippen LogP contribution is 2.35. The second kappa shape index (κ2) is 4.41. The summed E-state index contributed by atoms with van der Waals surface area (Å²) in [5.74, 6) is 0. The normalized spacial score (nSPS) is 25.7. The van der Waals surface area contributed by atoms with E-state index in [9.17, 15) is 0 Å². The number of fused-ring (bicyclic) bond motifs is 1. The van der Waals surface area contributed by atoms with Crippen LogP contribution in [0.2, 0.25) is 0 Å². The first-order valence-corrected chi connectivity index (χ1v) is 6.70. The number of aromatic amines is 1. The molecule has 2 atom stereocenters. The highest BCUT2D eigenvalue weighted by Gasteiger charge is 2.28. The SMILES string of the molecule is Cc1[nH]c2ccccc2c1C1CC(N)CCN1C. The van der Waals surface area contributed by atoms with Gasteiger partial charge in [-0.2, -0.15) is 0 Å². The summed E-state index contributed by atoms with van der Waals surface area (Å²) < 4.78 is 0. The van der Waals surface area contributed by atoms with Crippen molar-refractivity contribution in [2.45, 2.75) is 31.8 Å². The molecular formula is C15H21N3. The van der Waals surface area contributed by atoms with Crippen molar-refractivity contribution in [3.63, 3.8) is 0 Å². The zero-order chi connectivity index (χ0) is 12.7. The van der Waals surface area contributed by atoms with Gasteiger partial charge in [-0.15, -0.1) is 0 Å². The van der Waals surface area contributed by atoms with E-state index in [4.69, 9.17) is 5.73 Å². The number of aryl methyl sites for hydroxylation is 1. The number of nitrogens with two attached hydrogens (primary N) is 1. The Hall–Kier alpha value is -1.32. The Morgan fingerprint density at radius 3 is 2.94 bits per heavy atom. The van der Waals surface area contributed by atoms with Gasteiger partial charge in [0.15, 0.2) is 0 Å². The van der Waals surface area contributed by atoms with E-state index in [0.717, 1.165) is 19.4 Å². The van der Waals surface area contributed by atoms with Crippen LogP contribution in [0.3, 0.4) is 0 Å². The van der Waals surface area contributed by atoms with Crippen LogP contribution in [0.15, 0.2) is 24.3 Å². The Balaban J connectivity index is 2.10. The van der Waals surface area contributed by atoms with Gasteiger partial charge in [0.1, 0.15) is 0 Å². The highest BCUT2D eigenvalue weighted by atomic mass is 15.1. The van der Waals surface area contributed by atoms with E-state index in [-0.39, 0.29) is 0 Å². The van der Waals surface area contributed by atoms with Gasteiger partial charge < -0.3 is 10.7 Å². The minimum Gasteiger partial charge on any atom is -0.358 e. The molecule has 1 aliphatic heterocycles. The summed E-state index contributed by atoms with van der Waals surface area (Å²) in [7, 11) is 2.21. The lowest BCUT2D eigenvalue weighted by Gasteiger charge is -2.36. The Morgan fingerprint density at radius 2 is 2.11 bits per heavy atom. The molecule has 1 fully saturated rings. The van der Waals surface area contributed by atoms with Gasteiger partial charge in [0.05, 0.1) is 0 Å². The van der Waals surface area contributed by atoms with Crippen LogP contribution in [0.5, 0.6) is 0 Å². The van der Waals surface area contributed by atoms with Crippen molar-refractivity contribution in [3.05, 3.63) is 35.5 Å². The second-order valence-electron chi connectivity index (χ2n) is 5.49. The number of benzene rings is 1. The highest BCUT2D eigenvalue weighted by molar-refractivity contribution is 5.85. The van der Waals surface area contributed by atoms with E-state index >= 15 is 0 Å². The molecule has 0 radical (unpaired) electrons. The molecule has 0 saturated carbocycles. The van der Waals surface area contributed by atoms with Crippen LogP contribution in [0.1, 0.15) is 30.1 Å². The molecule has 2 heterocycles. The summed E-state index contributed by atoms with van der Waals surface area (Å²) in [4.78, 5) is 5.93.